The maximum atomic E-state index is 5.98. The molecule has 20 heavy (non-hydrogen) atoms. The number of thiazole rings is 1. The SMILES string of the molecule is CCCNC(C)c1csc(Nc2cc(Cl)cc(Cl)c2)n1. The number of hydrogen-bond acceptors (Lipinski definition) is 4. The van der Waals surface area contributed by atoms with E-state index in [4.69, 9.17) is 23.2 Å². The summed E-state index contributed by atoms with van der Waals surface area (Å²) in [6.45, 7) is 5.26. The first kappa shape index (κ1) is 15.6. The van der Waals surface area contributed by atoms with Crippen molar-refractivity contribution in [3.63, 3.8) is 0 Å². The molecule has 1 aromatic heterocycles. The molecule has 0 aliphatic carbocycles. The van der Waals surface area contributed by atoms with Crippen LogP contribution < -0.4 is 10.6 Å². The smallest absolute Gasteiger partial charge is 0.187 e. The lowest BCUT2D eigenvalue weighted by Gasteiger charge is -2.09. The van der Waals surface area contributed by atoms with Gasteiger partial charge in [0.25, 0.3) is 0 Å². The molecule has 3 nitrogen and oxygen atoms in total. The Bertz CT molecular complexity index is 551. The molecule has 0 bridgehead atoms. The maximum absolute atomic E-state index is 5.98. The molecule has 0 radical (unpaired) electrons. The van der Waals surface area contributed by atoms with Gasteiger partial charge in [-0.2, -0.15) is 0 Å². The molecule has 1 atom stereocenters. The van der Waals surface area contributed by atoms with Crippen LogP contribution >= 0.6 is 34.5 Å². The second-order valence-corrected chi connectivity index (χ2v) is 6.27. The molecule has 0 saturated carbocycles. The Morgan fingerprint density at radius 2 is 1.95 bits per heavy atom. The summed E-state index contributed by atoms with van der Waals surface area (Å²) < 4.78 is 0. The third kappa shape index (κ3) is 4.35. The topological polar surface area (TPSA) is 37.0 Å². The number of benzene rings is 1. The number of anilines is 2. The summed E-state index contributed by atoms with van der Waals surface area (Å²) in [6.07, 6.45) is 1.11. The predicted molar refractivity (Wildman–Crippen MR) is 88.6 cm³/mol. The Hall–Kier alpha value is -0.810. The van der Waals surface area contributed by atoms with E-state index in [1.807, 2.05) is 12.1 Å². The summed E-state index contributed by atoms with van der Waals surface area (Å²) >= 11 is 13.5. The van der Waals surface area contributed by atoms with Crippen molar-refractivity contribution in [3.8, 4) is 0 Å². The zero-order chi connectivity index (χ0) is 14.5. The van der Waals surface area contributed by atoms with E-state index in [1.54, 1.807) is 17.4 Å². The van der Waals surface area contributed by atoms with Gasteiger partial charge in [0.2, 0.25) is 0 Å². The first-order valence-corrected chi connectivity index (χ1v) is 8.14. The second kappa shape index (κ2) is 7.27. The third-order valence-corrected chi connectivity index (χ3v) is 3.99. The average molecular weight is 330 g/mol. The minimum Gasteiger partial charge on any atom is -0.331 e. The van der Waals surface area contributed by atoms with Crippen molar-refractivity contribution < 1.29 is 0 Å². The molecule has 0 saturated heterocycles. The zero-order valence-corrected chi connectivity index (χ0v) is 13.7. The lowest BCUT2D eigenvalue weighted by molar-refractivity contribution is 0.561. The van der Waals surface area contributed by atoms with Crippen LogP contribution in [0.2, 0.25) is 10.0 Å². The van der Waals surface area contributed by atoms with E-state index in [2.05, 4.69) is 34.8 Å². The van der Waals surface area contributed by atoms with Crippen molar-refractivity contribution in [1.82, 2.24) is 10.3 Å². The van der Waals surface area contributed by atoms with Crippen LogP contribution in [0, 0.1) is 0 Å². The molecule has 0 spiro atoms. The molecule has 0 amide bonds. The Labute approximate surface area is 133 Å². The van der Waals surface area contributed by atoms with Gasteiger partial charge in [-0.25, -0.2) is 4.98 Å². The van der Waals surface area contributed by atoms with Crippen LogP contribution in [0.1, 0.15) is 32.0 Å². The number of halogens is 2. The minimum absolute atomic E-state index is 0.254. The van der Waals surface area contributed by atoms with E-state index in [-0.39, 0.29) is 6.04 Å². The predicted octanol–water partition coefficient (Wildman–Crippen LogP) is 5.25. The molecule has 0 aliphatic heterocycles. The van der Waals surface area contributed by atoms with Gasteiger partial charge in [-0.3, -0.25) is 0 Å². The minimum atomic E-state index is 0.254. The Morgan fingerprint density at radius 3 is 2.60 bits per heavy atom. The molecule has 2 rings (SSSR count). The Kier molecular flexibility index (Phi) is 5.66. The van der Waals surface area contributed by atoms with E-state index < -0.39 is 0 Å². The molecule has 2 N–H and O–H groups in total. The summed E-state index contributed by atoms with van der Waals surface area (Å²) in [7, 11) is 0. The van der Waals surface area contributed by atoms with E-state index in [1.165, 1.54) is 0 Å². The van der Waals surface area contributed by atoms with E-state index in [0.717, 1.165) is 29.5 Å². The third-order valence-electron chi connectivity index (χ3n) is 2.78. The van der Waals surface area contributed by atoms with Crippen molar-refractivity contribution in [2.75, 3.05) is 11.9 Å². The fourth-order valence-electron chi connectivity index (χ4n) is 1.76. The normalized spacial score (nSPS) is 12.4. The molecule has 2 aromatic rings. The van der Waals surface area contributed by atoms with Gasteiger partial charge in [-0.15, -0.1) is 11.3 Å². The van der Waals surface area contributed by atoms with Crippen LogP contribution in [0.15, 0.2) is 23.6 Å². The van der Waals surface area contributed by atoms with Gasteiger partial charge < -0.3 is 10.6 Å². The number of rotatable bonds is 6. The molecule has 108 valence electrons. The molecule has 0 aliphatic rings. The van der Waals surface area contributed by atoms with Gasteiger partial charge in [0.05, 0.1) is 5.69 Å². The first-order valence-electron chi connectivity index (χ1n) is 6.50. The maximum Gasteiger partial charge on any atom is 0.187 e. The van der Waals surface area contributed by atoms with E-state index in [0.29, 0.717) is 10.0 Å². The highest BCUT2D eigenvalue weighted by Gasteiger charge is 2.09. The van der Waals surface area contributed by atoms with Crippen LogP contribution in [0.4, 0.5) is 10.8 Å². The van der Waals surface area contributed by atoms with Crippen molar-refractivity contribution in [3.05, 3.63) is 39.3 Å². The van der Waals surface area contributed by atoms with Gasteiger partial charge in [0, 0.05) is 27.2 Å². The Balaban J connectivity index is 2.05. The monoisotopic (exact) mass is 329 g/mol. The van der Waals surface area contributed by atoms with Gasteiger partial charge in [0.15, 0.2) is 5.13 Å². The van der Waals surface area contributed by atoms with Crippen LogP contribution in [0.5, 0.6) is 0 Å². The fraction of sp³-hybridized carbons (Fsp3) is 0.357. The van der Waals surface area contributed by atoms with Crippen LogP contribution in [-0.4, -0.2) is 11.5 Å². The largest absolute Gasteiger partial charge is 0.331 e. The molecule has 0 fully saturated rings. The highest BCUT2D eigenvalue weighted by atomic mass is 35.5. The van der Waals surface area contributed by atoms with Crippen LogP contribution in [-0.2, 0) is 0 Å². The van der Waals surface area contributed by atoms with Crippen molar-refractivity contribution in [2.45, 2.75) is 26.3 Å². The molecule has 6 heteroatoms. The van der Waals surface area contributed by atoms with Crippen LogP contribution in [0.3, 0.4) is 0 Å². The molecule has 1 heterocycles. The van der Waals surface area contributed by atoms with Crippen molar-refractivity contribution in [1.29, 1.82) is 0 Å². The van der Waals surface area contributed by atoms with E-state index >= 15 is 0 Å². The number of nitrogens with zero attached hydrogens (tertiary/aromatic N) is 1. The van der Waals surface area contributed by atoms with Gasteiger partial charge >= 0.3 is 0 Å². The standard InChI is InChI=1S/C14H17Cl2N3S/c1-3-4-17-9(2)13-8-20-14(19-13)18-12-6-10(15)5-11(16)7-12/h5-9,17H,3-4H2,1-2H3,(H,18,19). The number of nitrogens with one attached hydrogen (secondary N) is 2. The molecule has 1 unspecified atom stereocenters. The summed E-state index contributed by atoms with van der Waals surface area (Å²) in [4.78, 5) is 4.58. The molecular formula is C14H17Cl2N3S. The summed E-state index contributed by atoms with van der Waals surface area (Å²) in [5.74, 6) is 0. The fourth-order valence-corrected chi connectivity index (χ4v) is 3.11. The van der Waals surface area contributed by atoms with Crippen molar-refractivity contribution >= 4 is 45.4 Å². The van der Waals surface area contributed by atoms with Gasteiger partial charge in [-0.1, -0.05) is 30.1 Å². The molecule has 1 aromatic carbocycles. The average Bonchev–Trinajstić information content (AvgIpc) is 2.83. The molecular weight excluding hydrogens is 313 g/mol. The quantitative estimate of drug-likeness (QED) is 0.759. The summed E-state index contributed by atoms with van der Waals surface area (Å²) in [6, 6.07) is 5.61. The first-order chi connectivity index (χ1) is 9.58. The van der Waals surface area contributed by atoms with Gasteiger partial charge in [-0.05, 0) is 38.1 Å². The lowest BCUT2D eigenvalue weighted by atomic mass is 10.2. The summed E-state index contributed by atoms with van der Waals surface area (Å²) in [5, 5.41) is 10.8. The van der Waals surface area contributed by atoms with E-state index in [9.17, 15) is 0 Å². The van der Waals surface area contributed by atoms with Crippen LogP contribution in [0.25, 0.3) is 0 Å². The van der Waals surface area contributed by atoms with Gasteiger partial charge in [0.1, 0.15) is 0 Å². The van der Waals surface area contributed by atoms with Crippen molar-refractivity contribution in [2.24, 2.45) is 0 Å². The highest BCUT2D eigenvalue weighted by molar-refractivity contribution is 7.13. The summed E-state index contributed by atoms with van der Waals surface area (Å²) in [5.41, 5.74) is 1.89. The second-order valence-electron chi connectivity index (χ2n) is 4.54. The Morgan fingerprint density at radius 1 is 1.25 bits per heavy atom. The zero-order valence-electron chi connectivity index (χ0n) is 11.4. The number of aromatic nitrogens is 1. The lowest BCUT2D eigenvalue weighted by Crippen LogP contribution is -2.19. The number of hydrogen-bond donors (Lipinski definition) is 2. The highest BCUT2D eigenvalue weighted by Crippen LogP contribution is 2.28.